The SMILES string of the molecule is CNC(Cc1ccc(OC)c(F)c1)C1CCOC1C. The fourth-order valence-corrected chi connectivity index (χ4v) is 2.83. The molecule has 106 valence electrons. The third-order valence-electron chi connectivity index (χ3n) is 3.99. The number of benzene rings is 1. The van der Waals surface area contributed by atoms with Crippen molar-refractivity contribution in [3.8, 4) is 5.75 Å². The van der Waals surface area contributed by atoms with E-state index >= 15 is 0 Å². The standard InChI is InChI=1S/C15H22FNO2/c1-10-12(6-7-19-10)14(17-2)9-11-4-5-15(18-3)13(16)8-11/h4-5,8,10,12,14,17H,6-7,9H2,1-3H3. The van der Waals surface area contributed by atoms with Crippen LogP contribution in [0.1, 0.15) is 18.9 Å². The van der Waals surface area contributed by atoms with E-state index in [4.69, 9.17) is 9.47 Å². The second-order valence-corrected chi connectivity index (χ2v) is 5.10. The second kappa shape index (κ2) is 6.35. The number of methoxy groups -OCH3 is 1. The molecule has 3 atom stereocenters. The van der Waals surface area contributed by atoms with E-state index in [9.17, 15) is 4.39 Å². The quantitative estimate of drug-likeness (QED) is 0.888. The summed E-state index contributed by atoms with van der Waals surface area (Å²) in [5.41, 5.74) is 0.983. The first-order valence-corrected chi connectivity index (χ1v) is 6.77. The zero-order valence-electron chi connectivity index (χ0n) is 11.8. The normalized spacial score (nSPS) is 24.4. The van der Waals surface area contributed by atoms with Crippen LogP contribution in [0.15, 0.2) is 18.2 Å². The summed E-state index contributed by atoms with van der Waals surface area (Å²) < 4.78 is 24.2. The van der Waals surface area contributed by atoms with Gasteiger partial charge in [-0.2, -0.15) is 0 Å². The molecule has 0 saturated carbocycles. The van der Waals surface area contributed by atoms with Gasteiger partial charge >= 0.3 is 0 Å². The van der Waals surface area contributed by atoms with E-state index in [0.717, 1.165) is 25.0 Å². The molecule has 0 aromatic heterocycles. The molecule has 0 spiro atoms. The Balaban J connectivity index is 2.07. The molecule has 1 N–H and O–H groups in total. The lowest BCUT2D eigenvalue weighted by Gasteiger charge is -2.25. The monoisotopic (exact) mass is 267 g/mol. The summed E-state index contributed by atoms with van der Waals surface area (Å²) in [6.07, 6.45) is 2.13. The van der Waals surface area contributed by atoms with Gasteiger partial charge in [0.15, 0.2) is 11.6 Å². The summed E-state index contributed by atoms with van der Waals surface area (Å²) in [4.78, 5) is 0. The number of hydrogen-bond acceptors (Lipinski definition) is 3. The molecule has 0 amide bonds. The molecule has 4 heteroatoms. The van der Waals surface area contributed by atoms with Crippen LogP contribution in [0.5, 0.6) is 5.75 Å². The Bertz CT molecular complexity index is 425. The molecule has 1 aliphatic rings. The molecular weight excluding hydrogens is 245 g/mol. The van der Waals surface area contributed by atoms with Crippen molar-refractivity contribution in [2.24, 2.45) is 5.92 Å². The maximum atomic E-state index is 13.7. The van der Waals surface area contributed by atoms with Gasteiger partial charge in [0.2, 0.25) is 0 Å². The molecule has 1 saturated heterocycles. The van der Waals surface area contributed by atoms with Gasteiger partial charge < -0.3 is 14.8 Å². The van der Waals surface area contributed by atoms with Crippen molar-refractivity contribution in [1.29, 1.82) is 0 Å². The van der Waals surface area contributed by atoms with Crippen molar-refractivity contribution in [3.63, 3.8) is 0 Å². The van der Waals surface area contributed by atoms with E-state index in [2.05, 4.69) is 12.2 Å². The van der Waals surface area contributed by atoms with Crippen molar-refractivity contribution in [2.75, 3.05) is 20.8 Å². The van der Waals surface area contributed by atoms with Crippen LogP contribution < -0.4 is 10.1 Å². The first-order valence-electron chi connectivity index (χ1n) is 6.77. The number of halogens is 1. The van der Waals surface area contributed by atoms with Crippen LogP contribution in [0, 0.1) is 11.7 Å². The van der Waals surface area contributed by atoms with Crippen LogP contribution in [0.4, 0.5) is 4.39 Å². The molecule has 0 aliphatic carbocycles. The Labute approximate surface area is 114 Å². The average Bonchev–Trinajstić information content (AvgIpc) is 2.82. The number of hydrogen-bond donors (Lipinski definition) is 1. The Morgan fingerprint density at radius 1 is 1.53 bits per heavy atom. The summed E-state index contributed by atoms with van der Waals surface area (Å²) in [7, 11) is 3.43. The van der Waals surface area contributed by atoms with Gasteiger partial charge in [0.25, 0.3) is 0 Å². The largest absolute Gasteiger partial charge is 0.494 e. The topological polar surface area (TPSA) is 30.5 Å². The number of likely N-dealkylation sites (N-methyl/N-ethyl adjacent to an activating group) is 1. The minimum Gasteiger partial charge on any atom is -0.494 e. The van der Waals surface area contributed by atoms with Crippen LogP contribution in [0.3, 0.4) is 0 Å². The highest BCUT2D eigenvalue weighted by molar-refractivity contribution is 5.29. The smallest absolute Gasteiger partial charge is 0.165 e. The summed E-state index contributed by atoms with van der Waals surface area (Å²) in [6.45, 7) is 2.93. The van der Waals surface area contributed by atoms with Gasteiger partial charge in [0.1, 0.15) is 0 Å². The lowest BCUT2D eigenvalue weighted by Crippen LogP contribution is -2.38. The Morgan fingerprint density at radius 2 is 2.32 bits per heavy atom. The van der Waals surface area contributed by atoms with E-state index in [-0.39, 0.29) is 11.9 Å². The van der Waals surface area contributed by atoms with Crippen molar-refractivity contribution in [2.45, 2.75) is 31.9 Å². The lowest BCUT2D eigenvalue weighted by molar-refractivity contribution is 0.0963. The predicted octanol–water partition coefficient (Wildman–Crippen LogP) is 2.39. The molecule has 19 heavy (non-hydrogen) atoms. The molecule has 3 nitrogen and oxygen atoms in total. The van der Waals surface area contributed by atoms with Gasteiger partial charge in [-0.15, -0.1) is 0 Å². The van der Waals surface area contributed by atoms with Crippen LogP contribution in [-0.4, -0.2) is 32.9 Å². The number of rotatable bonds is 5. The molecule has 1 heterocycles. The van der Waals surface area contributed by atoms with E-state index < -0.39 is 0 Å². The van der Waals surface area contributed by atoms with Gasteiger partial charge in [-0.3, -0.25) is 0 Å². The molecule has 1 aromatic rings. The first-order chi connectivity index (χ1) is 9.15. The van der Waals surface area contributed by atoms with Crippen molar-refractivity contribution >= 4 is 0 Å². The molecule has 1 aliphatic heterocycles. The van der Waals surface area contributed by atoms with Gasteiger partial charge in [-0.25, -0.2) is 4.39 Å². The lowest BCUT2D eigenvalue weighted by atomic mass is 9.89. The molecule has 1 fully saturated rings. The summed E-state index contributed by atoms with van der Waals surface area (Å²) in [5.74, 6) is 0.475. The minimum absolute atomic E-state index is 0.264. The average molecular weight is 267 g/mol. The minimum atomic E-state index is -0.300. The third-order valence-corrected chi connectivity index (χ3v) is 3.99. The first kappa shape index (κ1) is 14.3. The molecule has 3 unspecified atom stereocenters. The number of ether oxygens (including phenoxy) is 2. The zero-order chi connectivity index (χ0) is 13.8. The van der Waals surface area contributed by atoms with E-state index in [1.165, 1.54) is 7.11 Å². The Morgan fingerprint density at radius 3 is 2.84 bits per heavy atom. The predicted molar refractivity (Wildman–Crippen MR) is 73.0 cm³/mol. The third kappa shape index (κ3) is 3.25. The van der Waals surface area contributed by atoms with Crippen molar-refractivity contribution < 1.29 is 13.9 Å². The molecule has 2 rings (SSSR count). The Kier molecular flexibility index (Phi) is 4.77. The molecular formula is C15H22FNO2. The second-order valence-electron chi connectivity index (χ2n) is 5.10. The fourth-order valence-electron chi connectivity index (χ4n) is 2.83. The van der Waals surface area contributed by atoms with Crippen LogP contribution in [0.2, 0.25) is 0 Å². The van der Waals surface area contributed by atoms with Gasteiger partial charge in [0.05, 0.1) is 13.2 Å². The zero-order valence-corrected chi connectivity index (χ0v) is 11.8. The summed E-state index contributed by atoms with van der Waals surface area (Å²) in [5, 5.41) is 3.34. The molecule has 1 aromatic carbocycles. The highest BCUT2D eigenvalue weighted by Gasteiger charge is 2.31. The van der Waals surface area contributed by atoms with E-state index in [0.29, 0.717) is 17.7 Å². The fraction of sp³-hybridized carbons (Fsp3) is 0.600. The van der Waals surface area contributed by atoms with Gasteiger partial charge in [0, 0.05) is 18.6 Å². The summed E-state index contributed by atoms with van der Waals surface area (Å²) >= 11 is 0. The van der Waals surface area contributed by atoms with Crippen LogP contribution >= 0.6 is 0 Å². The molecule has 0 radical (unpaired) electrons. The van der Waals surface area contributed by atoms with E-state index in [1.807, 2.05) is 13.1 Å². The van der Waals surface area contributed by atoms with Gasteiger partial charge in [-0.05, 0) is 44.5 Å². The van der Waals surface area contributed by atoms with Crippen LogP contribution in [0.25, 0.3) is 0 Å². The van der Waals surface area contributed by atoms with E-state index in [1.54, 1.807) is 12.1 Å². The summed E-state index contributed by atoms with van der Waals surface area (Å²) in [6, 6.07) is 5.48. The molecule has 0 bridgehead atoms. The highest BCUT2D eigenvalue weighted by Crippen LogP contribution is 2.27. The Hall–Kier alpha value is -1.13. The van der Waals surface area contributed by atoms with Crippen molar-refractivity contribution in [3.05, 3.63) is 29.6 Å². The maximum absolute atomic E-state index is 13.7. The maximum Gasteiger partial charge on any atom is 0.165 e. The van der Waals surface area contributed by atoms with Crippen molar-refractivity contribution in [1.82, 2.24) is 5.32 Å². The number of nitrogens with one attached hydrogen (secondary N) is 1. The van der Waals surface area contributed by atoms with Gasteiger partial charge in [-0.1, -0.05) is 6.07 Å². The highest BCUT2D eigenvalue weighted by atomic mass is 19.1. The van der Waals surface area contributed by atoms with Crippen LogP contribution in [-0.2, 0) is 11.2 Å².